The van der Waals surface area contributed by atoms with Crippen LogP contribution < -0.4 is 16.4 Å². The van der Waals surface area contributed by atoms with Gasteiger partial charge in [-0.1, -0.05) is 74.5 Å². The van der Waals surface area contributed by atoms with Crippen LogP contribution in [-0.2, 0) is 27.3 Å². The third kappa shape index (κ3) is 12.3. The van der Waals surface area contributed by atoms with E-state index < -0.39 is 23.8 Å². The Morgan fingerprint density at radius 1 is 1.00 bits per heavy atom. The summed E-state index contributed by atoms with van der Waals surface area (Å²) < 4.78 is 5.20. The smallest absolute Gasteiger partial charge is 0.408 e. The van der Waals surface area contributed by atoms with Crippen LogP contribution in [0, 0.1) is 13.8 Å². The molecule has 244 valence electrons. The van der Waals surface area contributed by atoms with Crippen molar-refractivity contribution < 1.29 is 19.1 Å². The molecule has 0 bridgehead atoms. The first-order valence-electron chi connectivity index (χ1n) is 15.7. The zero-order valence-electron chi connectivity index (χ0n) is 28.1. The molecular formula is C36H51N5O4. The second-order valence-electron chi connectivity index (χ2n) is 11.9. The van der Waals surface area contributed by atoms with E-state index in [-0.39, 0.29) is 11.8 Å². The Labute approximate surface area is 269 Å². The molecule has 9 nitrogen and oxygen atoms in total. The molecule has 2 aromatic carbocycles. The molecule has 0 saturated carbocycles. The number of rotatable bonds is 7. The minimum Gasteiger partial charge on any atom is -0.444 e. The zero-order chi connectivity index (χ0) is 33.6. The average Bonchev–Trinajstić information content (AvgIpc) is 3.48. The quantitative estimate of drug-likeness (QED) is 0.294. The standard InChI is InChI=1S/C21H33N5O4.C13H12.C2H6/c1-12-10-17(22)24-13(2)15(12)11-23-18(27)16-8-7-9-26(16)19(28)14(3)25-20(29)30-21(4,5)6;1-3-7-12(8-4-1)11-13-9-5-2-6-10-13;1-2/h10,14,16H,7-9,11H2,1-6H3,(H2,22,24)(H,23,27)(H,25,29);1-10H,11H2;1-2H3/t14-,16+;;/m1../s1. The van der Waals surface area contributed by atoms with Gasteiger partial charge in [-0.15, -0.1) is 0 Å². The molecule has 2 heterocycles. The molecule has 1 aliphatic heterocycles. The normalized spacial score (nSPS) is 14.6. The van der Waals surface area contributed by atoms with Crippen LogP contribution in [0.5, 0.6) is 0 Å². The number of aromatic nitrogens is 1. The summed E-state index contributed by atoms with van der Waals surface area (Å²) in [6, 6.07) is 21.5. The fourth-order valence-corrected chi connectivity index (χ4v) is 4.97. The lowest BCUT2D eigenvalue weighted by atomic mass is 10.1. The Morgan fingerprint density at radius 2 is 1.56 bits per heavy atom. The summed E-state index contributed by atoms with van der Waals surface area (Å²) in [5.41, 5.74) is 10.5. The maximum atomic E-state index is 12.8. The number of nitrogens with one attached hydrogen (secondary N) is 2. The van der Waals surface area contributed by atoms with Crippen LogP contribution in [0.1, 0.15) is 82.3 Å². The maximum absolute atomic E-state index is 12.8. The number of benzene rings is 2. The molecule has 0 unspecified atom stereocenters. The molecule has 1 fully saturated rings. The van der Waals surface area contributed by atoms with E-state index in [0.717, 1.165) is 29.7 Å². The van der Waals surface area contributed by atoms with Crippen molar-refractivity contribution in [3.8, 4) is 0 Å². The molecule has 9 heteroatoms. The second-order valence-corrected chi connectivity index (χ2v) is 11.9. The highest BCUT2D eigenvalue weighted by Gasteiger charge is 2.36. The van der Waals surface area contributed by atoms with E-state index in [1.165, 1.54) is 16.0 Å². The van der Waals surface area contributed by atoms with E-state index in [0.29, 0.717) is 25.3 Å². The molecule has 2 atom stereocenters. The summed E-state index contributed by atoms with van der Waals surface area (Å²) >= 11 is 0. The van der Waals surface area contributed by atoms with Gasteiger partial charge in [0.15, 0.2) is 0 Å². The summed E-state index contributed by atoms with van der Waals surface area (Å²) in [7, 11) is 0. The van der Waals surface area contributed by atoms with Crippen molar-refractivity contribution in [3.05, 3.63) is 94.7 Å². The first-order valence-corrected chi connectivity index (χ1v) is 15.7. The maximum Gasteiger partial charge on any atom is 0.408 e. The van der Waals surface area contributed by atoms with Crippen LogP contribution in [0.4, 0.5) is 10.6 Å². The van der Waals surface area contributed by atoms with E-state index in [1.807, 2.05) is 27.7 Å². The number of carbonyl (C=O) groups is 3. The van der Waals surface area contributed by atoms with Crippen molar-refractivity contribution in [1.29, 1.82) is 0 Å². The predicted octanol–water partition coefficient (Wildman–Crippen LogP) is 6.10. The molecule has 0 spiro atoms. The lowest BCUT2D eigenvalue weighted by Crippen LogP contribution is -2.53. The average molecular weight is 618 g/mol. The van der Waals surface area contributed by atoms with Gasteiger partial charge in [0.25, 0.3) is 0 Å². The predicted molar refractivity (Wildman–Crippen MR) is 181 cm³/mol. The molecule has 1 aromatic heterocycles. The van der Waals surface area contributed by atoms with Crippen LogP contribution in [0.25, 0.3) is 0 Å². The number of amides is 3. The molecule has 3 amide bonds. The van der Waals surface area contributed by atoms with Gasteiger partial charge in [0.2, 0.25) is 11.8 Å². The van der Waals surface area contributed by atoms with Crippen molar-refractivity contribution in [1.82, 2.24) is 20.5 Å². The molecule has 45 heavy (non-hydrogen) atoms. The van der Waals surface area contributed by atoms with Crippen LogP contribution in [0.2, 0.25) is 0 Å². The molecule has 0 aliphatic carbocycles. The fourth-order valence-electron chi connectivity index (χ4n) is 4.97. The fraction of sp³-hybridized carbons (Fsp3) is 0.444. The van der Waals surface area contributed by atoms with Gasteiger partial charge in [-0.3, -0.25) is 9.59 Å². The Bertz CT molecular complexity index is 1310. The van der Waals surface area contributed by atoms with E-state index in [1.54, 1.807) is 33.8 Å². The number of hydrogen-bond donors (Lipinski definition) is 3. The van der Waals surface area contributed by atoms with Gasteiger partial charge in [0.1, 0.15) is 23.5 Å². The monoisotopic (exact) mass is 617 g/mol. The molecule has 3 aromatic rings. The molecule has 0 radical (unpaired) electrons. The van der Waals surface area contributed by atoms with Crippen LogP contribution in [0.15, 0.2) is 66.7 Å². The number of likely N-dealkylation sites (tertiary alicyclic amines) is 1. The number of carbonyl (C=O) groups excluding carboxylic acids is 3. The molecular weight excluding hydrogens is 566 g/mol. The van der Waals surface area contributed by atoms with Crippen LogP contribution >= 0.6 is 0 Å². The Kier molecular flexibility index (Phi) is 14.5. The van der Waals surface area contributed by atoms with Gasteiger partial charge < -0.3 is 26.0 Å². The number of hydrogen-bond acceptors (Lipinski definition) is 6. The third-order valence-electron chi connectivity index (χ3n) is 7.05. The summed E-state index contributed by atoms with van der Waals surface area (Å²) in [5.74, 6) is -0.0833. The number of alkyl carbamates (subject to hydrolysis) is 1. The molecule has 1 aliphatic rings. The van der Waals surface area contributed by atoms with Crippen molar-refractivity contribution >= 4 is 23.7 Å². The topological polar surface area (TPSA) is 127 Å². The lowest BCUT2D eigenvalue weighted by molar-refractivity contribution is -0.139. The Morgan fingerprint density at radius 3 is 2.07 bits per heavy atom. The van der Waals surface area contributed by atoms with Crippen molar-refractivity contribution in [3.63, 3.8) is 0 Å². The van der Waals surface area contributed by atoms with Crippen molar-refractivity contribution in [2.75, 3.05) is 12.3 Å². The second kappa shape index (κ2) is 17.8. The van der Waals surface area contributed by atoms with Crippen molar-refractivity contribution in [2.24, 2.45) is 0 Å². The SMILES string of the molecule is CC.Cc1cc(N)nc(C)c1CNC(=O)[C@@H]1CCCN1C(=O)[C@@H](C)NC(=O)OC(C)(C)C.c1ccc(Cc2ccccc2)cc1. The van der Waals surface area contributed by atoms with Crippen LogP contribution in [-0.4, -0.2) is 52.0 Å². The number of pyridine rings is 1. The molecule has 4 rings (SSSR count). The van der Waals surface area contributed by atoms with E-state index >= 15 is 0 Å². The summed E-state index contributed by atoms with van der Waals surface area (Å²) in [5, 5.41) is 5.46. The third-order valence-corrected chi connectivity index (χ3v) is 7.05. The highest BCUT2D eigenvalue weighted by Crippen LogP contribution is 2.20. The number of aryl methyl sites for hydroxylation is 2. The summed E-state index contributed by atoms with van der Waals surface area (Å²) in [6.45, 7) is 15.4. The number of anilines is 1. The van der Waals surface area contributed by atoms with E-state index in [9.17, 15) is 14.4 Å². The van der Waals surface area contributed by atoms with Gasteiger partial charge in [-0.25, -0.2) is 9.78 Å². The van der Waals surface area contributed by atoms with Crippen LogP contribution in [0.3, 0.4) is 0 Å². The van der Waals surface area contributed by atoms with Gasteiger partial charge in [0, 0.05) is 18.8 Å². The lowest BCUT2D eigenvalue weighted by Gasteiger charge is -2.28. The minimum absolute atomic E-state index is 0.221. The number of nitrogens with zero attached hydrogens (tertiary/aromatic N) is 2. The summed E-state index contributed by atoms with van der Waals surface area (Å²) in [4.78, 5) is 43.3. The highest BCUT2D eigenvalue weighted by molar-refractivity contribution is 5.91. The summed E-state index contributed by atoms with van der Waals surface area (Å²) in [6.07, 6.45) is 1.67. The Balaban J connectivity index is 0.000000388. The highest BCUT2D eigenvalue weighted by atomic mass is 16.6. The van der Waals surface area contributed by atoms with E-state index in [4.69, 9.17) is 10.5 Å². The Hall–Kier alpha value is -4.40. The first kappa shape index (κ1) is 36.8. The molecule has 1 saturated heterocycles. The van der Waals surface area contributed by atoms with Crippen molar-refractivity contribution in [2.45, 2.75) is 98.9 Å². The van der Waals surface area contributed by atoms with Gasteiger partial charge in [0.05, 0.1) is 0 Å². The van der Waals surface area contributed by atoms with Gasteiger partial charge >= 0.3 is 6.09 Å². The number of nitrogens with two attached hydrogens (primary N) is 1. The van der Waals surface area contributed by atoms with Gasteiger partial charge in [-0.05, 0) is 89.1 Å². The minimum atomic E-state index is -0.793. The van der Waals surface area contributed by atoms with E-state index in [2.05, 4.69) is 76.3 Å². The molecule has 4 N–H and O–H groups in total. The zero-order valence-corrected chi connectivity index (χ0v) is 28.1. The van der Waals surface area contributed by atoms with Gasteiger partial charge in [-0.2, -0.15) is 0 Å². The number of ether oxygens (including phenoxy) is 1. The number of nitrogen functional groups attached to an aromatic ring is 1. The first-order chi connectivity index (χ1) is 21.3. The largest absolute Gasteiger partial charge is 0.444 e.